The number of carbonyl (C=O) groups excluding carboxylic acids is 1. The number of benzene rings is 1. The Morgan fingerprint density at radius 3 is 2.87 bits per heavy atom. The molecule has 1 aromatic carbocycles. The van der Waals surface area contributed by atoms with Gasteiger partial charge in [0.15, 0.2) is 0 Å². The molecular formula is C18H21FN2OS. The van der Waals surface area contributed by atoms with E-state index in [2.05, 4.69) is 28.6 Å². The van der Waals surface area contributed by atoms with Gasteiger partial charge in [0.1, 0.15) is 5.82 Å². The fourth-order valence-corrected chi connectivity index (χ4v) is 4.05. The zero-order chi connectivity index (χ0) is 16.4. The Morgan fingerprint density at radius 2 is 2.13 bits per heavy atom. The van der Waals surface area contributed by atoms with Gasteiger partial charge in [-0.25, -0.2) is 4.39 Å². The van der Waals surface area contributed by atoms with Crippen LogP contribution in [-0.2, 0) is 11.2 Å². The van der Waals surface area contributed by atoms with Crippen molar-refractivity contribution in [2.24, 2.45) is 0 Å². The van der Waals surface area contributed by atoms with E-state index in [1.807, 2.05) is 6.92 Å². The molecule has 1 aliphatic heterocycles. The van der Waals surface area contributed by atoms with Crippen LogP contribution in [0, 0.1) is 5.82 Å². The van der Waals surface area contributed by atoms with Gasteiger partial charge in [-0.05, 0) is 55.0 Å². The number of hydrogen-bond acceptors (Lipinski definition) is 3. The maximum absolute atomic E-state index is 13.0. The Hall–Kier alpha value is -1.72. The largest absolute Gasteiger partial charge is 0.348 e. The molecule has 0 radical (unpaired) electrons. The topological polar surface area (TPSA) is 32.3 Å². The van der Waals surface area contributed by atoms with Gasteiger partial charge in [0.05, 0.1) is 12.6 Å². The number of amides is 1. The number of fused-ring (bicyclic) bond motifs is 1. The first-order valence-electron chi connectivity index (χ1n) is 7.89. The monoisotopic (exact) mass is 332 g/mol. The summed E-state index contributed by atoms with van der Waals surface area (Å²) in [4.78, 5) is 16.0. The van der Waals surface area contributed by atoms with Crippen molar-refractivity contribution in [1.82, 2.24) is 10.2 Å². The Kier molecular flexibility index (Phi) is 4.78. The summed E-state index contributed by atoms with van der Waals surface area (Å²) in [7, 11) is 0. The first kappa shape index (κ1) is 16.1. The molecule has 2 atom stereocenters. The fourth-order valence-electron chi connectivity index (χ4n) is 3.08. The van der Waals surface area contributed by atoms with Crippen LogP contribution in [0.4, 0.5) is 4.39 Å². The third-order valence-corrected chi connectivity index (χ3v) is 5.49. The summed E-state index contributed by atoms with van der Waals surface area (Å²) < 4.78 is 13.0. The highest BCUT2D eigenvalue weighted by Crippen LogP contribution is 2.32. The van der Waals surface area contributed by atoms with Crippen molar-refractivity contribution in [2.45, 2.75) is 32.4 Å². The van der Waals surface area contributed by atoms with E-state index in [1.54, 1.807) is 23.5 Å². The number of halogens is 1. The van der Waals surface area contributed by atoms with E-state index in [9.17, 15) is 9.18 Å². The fraction of sp³-hybridized carbons (Fsp3) is 0.389. The second kappa shape index (κ2) is 6.81. The molecule has 0 spiro atoms. The van der Waals surface area contributed by atoms with Crippen LogP contribution in [0.15, 0.2) is 35.7 Å². The number of carbonyl (C=O) groups is 1. The Bertz CT molecular complexity index is 683. The molecule has 0 unspecified atom stereocenters. The van der Waals surface area contributed by atoms with Crippen LogP contribution < -0.4 is 5.32 Å². The minimum Gasteiger partial charge on any atom is -0.348 e. The number of nitrogens with one attached hydrogen (secondary N) is 1. The number of hydrogen-bond donors (Lipinski definition) is 1. The van der Waals surface area contributed by atoms with Crippen LogP contribution in [0.5, 0.6) is 0 Å². The van der Waals surface area contributed by atoms with Crippen LogP contribution in [0.2, 0.25) is 0 Å². The standard InChI is InChI=1S/C18H21FN2OS/c1-12(14-3-5-15(19)6-4-14)20-18(22)11-21-9-7-17-16(13(21)2)8-10-23-17/h3-6,8,10,12-13H,7,9,11H2,1-2H3,(H,20,22)/t12-,13+/m1/s1. The number of rotatable bonds is 4. The maximum Gasteiger partial charge on any atom is 0.234 e. The smallest absolute Gasteiger partial charge is 0.234 e. The predicted molar refractivity (Wildman–Crippen MR) is 91.0 cm³/mol. The van der Waals surface area contributed by atoms with Crippen LogP contribution in [0.3, 0.4) is 0 Å². The van der Waals surface area contributed by atoms with Crippen molar-refractivity contribution < 1.29 is 9.18 Å². The summed E-state index contributed by atoms with van der Waals surface area (Å²) in [5.41, 5.74) is 2.26. The van der Waals surface area contributed by atoms with Gasteiger partial charge in [0.25, 0.3) is 0 Å². The van der Waals surface area contributed by atoms with E-state index < -0.39 is 0 Å². The molecule has 122 valence electrons. The van der Waals surface area contributed by atoms with E-state index in [0.717, 1.165) is 18.5 Å². The third kappa shape index (κ3) is 3.62. The quantitative estimate of drug-likeness (QED) is 0.926. The molecule has 0 saturated carbocycles. The van der Waals surface area contributed by atoms with E-state index >= 15 is 0 Å². The molecule has 0 aliphatic carbocycles. The lowest BCUT2D eigenvalue weighted by molar-refractivity contribution is -0.123. The van der Waals surface area contributed by atoms with Crippen molar-refractivity contribution in [1.29, 1.82) is 0 Å². The highest BCUT2D eigenvalue weighted by atomic mass is 32.1. The molecule has 1 aliphatic rings. The van der Waals surface area contributed by atoms with Gasteiger partial charge in [-0.3, -0.25) is 9.69 Å². The van der Waals surface area contributed by atoms with Crippen molar-refractivity contribution in [2.75, 3.05) is 13.1 Å². The predicted octanol–water partition coefficient (Wildman–Crippen LogP) is 3.68. The van der Waals surface area contributed by atoms with Crippen molar-refractivity contribution >= 4 is 17.2 Å². The molecule has 2 aromatic rings. The molecule has 5 heteroatoms. The van der Waals surface area contributed by atoms with Crippen molar-refractivity contribution in [3.05, 3.63) is 57.5 Å². The minimum atomic E-state index is -0.263. The van der Waals surface area contributed by atoms with Crippen molar-refractivity contribution in [3.63, 3.8) is 0 Å². The molecule has 0 saturated heterocycles. The second-order valence-electron chi connectivity index (χ2n) is 6.04. The first-order chi connectivity index (χ1) is 11.0. The summed E-state index contributed by atoms with van der Waals surface area (Å²) >= 11 is 1.80. The molecule has 1 N–H and O–H groups in total. The molecule has 3 nitrogen and oxygen atoms in total. The summed E-state index contributed by atoms with van der Waals surface area (Å²) in [6.45, 7) is 5.37. The van der Waals surface area contributed by atoms with Gasteiger partial charge >= 0.3 is 0 Å². The molecule has 0 fully saturated rings. The van der Waals surface area contributed by atoms with Gasteiger partial charge < -0.3 is 5.32 Å². The number of nitrogens with zero attached hydrogens (tertiary/aromatic N) is 1. The normalized spacial score (nSPS) is 19.2. The van der Waals surface area contributed by atoms with Gasteiger partial charge in [-0.1, -0.05) is 12.1 Å². The highest BCUT2D eigenvalue weighted by molar-refractivity contribution is 7.10. The third-order valence-electron chi connectivity index (χ3n) is 4.50. The summed E-state index contributed by atoms with van der Waals surface area (Å²) in [5, 5.41) is 5.13. The molecule has 2 heterocycles. The van der Waals surface area contributed by atoms with Crippen molar-refractivity contribution in [3.8, 4) is 0 Å². The van der Waals surface area contributed by atoms with Gasteiger partial charge in [0, 0.05) is 17.5 Å². The summed E-state index contributed by atoms with van der Waals surface area (Å²) in [6, 6.07) is 8.57. The van der Waals surface area contributed by atoms with E-state index in [4.69, 9.17) is 0 Å². The van der Waals surface area contributed by atoms with Gasteiger partial charge in [-0.2, -0.15) is 0 Å². The first-order valence-corrected chi connectivity index (χ1v) is 8.77. The van der Waals surface area contributed by atoms with E-state index in [0.29, 0.717) is 6.54 Å². The molecule has 1 aromatic heterocycles. The molecule has 0 bridgehead atoms. The van der Waals surface area contributed by atoms with Crippen LogP contribution in [-0.4, -0.2) is 23.9 Å². The van der Waals surface area contributed by atoms with E-state index in [1.165, 1.54) is 22.6 Å². The maximum atomic E-state index is 13.0. The second-order valence-corrected chi connectivity index (χ2v) is 7.04. The molecule has 3 rings (SSSR count). The summed E-state index contributed by atoms with van der Waals surface area (Å²) in [6.07, 6.45) is 1.01. The minimum absolute atomic E-state index is 0.00681. The molecule has 1 amide bonds. The van der Waals surface area contributed by atoms with Gasteiger partial charge in [0.2, 0.25) is 5.91 Å². The zero-order valence-electron chi connectivity index (χ0n) is 13.4. The summed E-state index contributed by atoms with van der Waals surface area (Å²) in [5.74, 6) is -0.256. The Balaban J connectivity index is 1.58. The van der Waals surface area contributed by atoms with E-state index in [-0.39, 0.29) is 23.8 Å². The average molecular weight is 332 g/mol. The van der Waals surface area contributed by atoms with Gasteiger partial charge in [-0.15, -0.1) is 11.3 Å². The lowest BCUT2D eigenvalue weighted by atomic mass is 10.0. The SMILES string of the molecule is C[C@@H](NC(=O)CN1CCc2sccc2[C@@H]1C)c1ccc(F)cc1. The lowest BCUT2D eigenvalue weighted by Crippen LogP contribution is -2.42. The lowest BCUT2D eigenvalue weighted by Gasteiger charge is -2.33. The van der Waals surface area contributed by atoms with Crippen LogP contribution in [0.25, 0.3) is 0 Å². The average Bonchev–Trinajstić information content (AvgIpc) is 3.00. The zero-order valence-corrected chi connectivity index (χ0v) is 14.2. The highest BCUT2D eigenvalue weighted by Gasteiger charge is 2.26. The Labute approximate surface area is 140 Å². The molecule has 23 heavy (non-hydrogen) atoms. The number of thiophene rings is 1. The molecular weight excluding hydrogens is 311 g/mol. The van der Waals surface area contributed by atoms with Crippen LogP contribution in [0.1, 0.15) is 41.9 Å². The Morgan fingerprint density at radius 1 is 1.39 bits per heavy atom. The van der Waals surface area contributed by atoms with Crippen LogP contribution >= 0.6 is 11.3 Å².